The molecule has 24 heavy (non-hydrogen) atoms. The molecule has 1 aromatic carbocycles. The highest BCUT2D eigenvalue weighted by Crippen LogP contribution is 2.28. The minimum Gasteiger partial charge on any atom is -0.356 e. The Morgan fingerprint density at radius 1 is 1.38 bits per heavy atom. The molecule has 2 unspecified atom stereocenters. The SMILES string of the molecule is O=C(NCCC1CCNC1)C1CC(=O)N(c2ccc(F)cc2F)C1. The van der Waals surface area contributed by atoms with E-state index >= 15 is 0 Å². The van der Waals surface area contributed by atoms with E-state index in [1.807, 2.05) is 0 Å². The summed E-state index contributed by atoms with van der Waals surface area (Å²) in [6.45, 7) is 2.71. The van der Waals surface area contributed by atoms with Gasteiger partial charge in [-0.2, -0.15) is 0 Å². The minimum atomic E-state index is -0.793. The number of carbonyl (C=O) groups excluding carboxylic acids is 2. The lowest BCUT2D eigenvalue weighted by Gasteiger charge is -2.17. The lowest BCUT2D eigenvalue weighted by Crippen LogP contribution is -2.34. The lowest BCUT2D eigenvalue weighted by atomic mass is 10.0. The molecule has 0 aromatic heterocycles. The van der Waals surface area contributed by atoms with E-state index in [0.29, 0.717) is 12.5 Å². The second kappa shape index (κ2) is 7.25. The summed E-state index contributed by atoms with van der Waals surface area (Å²) in [4.78, 5) is 25.5. The normalized spacial score (nSPS) is 23.8. The number of hydrogen-bond donors (Lipinski definition) is 2. The van der Waals surface area contributed by atoms with Crippen LogP contribution >= 0.6 is 0 Å². The van der Waals surface area contributed by atoms with Crippen molar-refractivity contribution >= 4 is 17.5 Å². The molecule has 0 aliphatic carbocycles. The second-order valence-electron chi connectivity index (χ2n) is 6.44. The average Bonchev–Trinajstić information content (AvgIpc) is 3.17. The van der Waals surface area contributed by atoms with E-state index in [1.165, 1.54) is 11.0 Å². The second-order valence-corrected chi connectivity index (χ2v) is 6.44. The van der Waals surface area contributed by atoms with Crippen LogP contribution in [0.2, 0.25) is 0 Å². The zero-order valence-electron chi connectivity index (χ0n) is 13.4. The van der Waals surface area contributed by atoms with Crippen molar-refractivity contribution in [1.29, 1.82) is 0 Å². The van der Waals surface area contributed by atoms with Gasteiger partial charge < -0.3 is 15.5 Å². The van der Waals surface area contributed by atoms with E-state index < -0.39 is 17.6 Å². The van der Waals surface area contributed by atoms with Gasteiger partial charge in [0.05, 0.1) is 11.6 Å². The molecule has 0 saturated carbocycles. The number of rotatable bonds is 5. The molecule has 2 atom stereocenters. The fourth-order valence-corrected chi connectivity index (χ4v) is 3.32. The first-order valence-electron chi connectivity index (χ1n) is 8.28. The van der Waals surface area contributed by atoms with Crippen LogP contribution < -0.4 is 15.5 Å². The third kappa shape index (κ3) is 3.72. The Morgan fingerprint density at radius 2 is 2.21 bits per heavy atom. The highest BCUT2D eigenvalue weighted by Gasteiger charge is 2.36. The van der Waals surface area contributed by atoms with Crippen molar-refractivity contribution in [3.05, 3.63) is 29.8 Å². The smallest absolute Gasteiger partial charge is 0.227 e. The van der Waals surface area contributed by atoms with Crippen LogP contribution in [0.4, 0.5) is 14.5 Å². The molecule has 2 aliphatic heterocycles. The van der Waals surface area contributed by atoms with Crippen molar-refractivity contribution in [3.63, 3.8) is 0 Å². The van der Waals surface area contributed by atoms with Gasteiger partial charge in [-0.1, -0.05) is 0 Å². The monoisotopic (exact) mass is 337 g/mol. The number of nitrogens with zero attached hydrogens (tertiary/aromatic N) is 1. The molecule has 2 aliphatic rings. The highest BCUT2D eigenvalue weighted by atomic mass is 19.1. The summed E-state index contributed by atoms with van der Waals surface area (Å²) < 4.78 is 26.8. The van der Waals surface area contributed by atoms with E-state index in [4.69, 9.17) is 0 Å². The van der Waals surface area contributed by atoms with Gasteiger partial charge in [-0.3, -0.25) is 9.59 Å². The van der Waals surface area contributed by atoms with Crippen molar-refractivity contribution in [1.82, 2.24) is 10.6 Å². The largest absolute Gasteiger partial charge is 0.356 e. The molecular weight excluding hydrogens is 316 g/mol. The molecule has 0 radical (unpaired) electrons. The number of halogens is 2. The van der Waals surface area contributed by atoms with Gasteiger partial charge in [0.1, 0.15) is 11.6 Å². The van der Waals surface area contributed by atoms with Gasteiger partial charge in [0.2, 0.25) is 11.8 Å². The third-order valence-electron chi connectivity index (χ3n) is 4.71. The average molecular weight is 337 g/mol. The van der Waals surface area contributed by atoms with Crippen molar-refractivity contribution in [3.8, 4) is 0 Å². The van der Waals surface area contributed by atoms with Gasteiger partial charge in [0.25, 0.3) is 0 Å². The molecule has 2 amide bonds. The molecule has 130 valence electrons. The maximum Gasteiger partial charge on any atom is 0.227 e. The zero-order chi connectivity index (χ0) is 17.1. The van der Waals surface area contributed by atoms with E-state index in [1.54, 1.807) is 0 Å². The quantitative estimate of drug-likeness (QED) is 0.855. The Morgan fingerprint density at radius 3 is 2.92 bits per heavy atom. The fraction of sp³-hybridized carbons (Fsp3) is 0.529. The van der Waals surface area contributed by atoms with Gasteiger partial charge in [0, 0.05) is 25.6 Å². The lowest BCUT2D eigenvalue weighted by molar-refractivity contribution is -0.126. The summed E-state index contributed by atoms with van der Waals surface area (Å²) in [6.07, 6.45) is 2.08. The number of anilines is 1. The van der Waals surface area contributed by atoms with Crippen LogP contribution in [-0.4, -0.2) is 38.0 Å². The van der Waals surface area contributed by atoms with Gasteiger partial charge in [-0.05, 0) is 44.0 Å². The number of hydrogen-bond acceptors (Lipinski definition) is 3. The van der Waals surface area contributed by atoms with Crippen LogP contribution in [0.5, 0.6) is 0 Å². The molecular formula is C17H21F2N3O2. The first-order chi connectivity index (χ1) is 11.5. The predicted octanol–water partition coefficient (Wildman–Crippen LogP) is 1.43. The van der Waals surface area contributed by atoms with Crippen LogP contribution in [0.25, 0.3) is 0 Å². The van der Waals surface area contributed by atoms with E-state index in [9.17, 15) is 18.4 Å². The maximum atomic E-state index is 13.8. The number of benzene rings is 1. The Balaban J connectivity index is 1.54. The molecule has 0 bridgehead atoms. The molecule has 2 fully saturated rings. The Hall–Kier alpha value is -2.02. The van der Waals surface area contributed by atoms with E-state index in [0.717, 1.165) is 38.1 Å². The minimum absolute atomic E-state index is 0.0220. The van der Waals surface area contributed by atoms with Crippen LogP contribution in [0.3, 0.4) is 0 Å². The van der Waals surface area contributed by atoms with Crippen LogP contribution in [0.1, 0.15) is 19.3 Å². The first-order valence-corrected chi connectivity index (χ1v) is 8.28. The zero-order valence-corrected chi connectivity index (χ0v) is 13.4. The summed E-state index contributed by atoms with van der Waals surface area (Å²) >= 11 is 0. The van der Waals surface area contributed by atoms with Gasteiger partial charge >= 0.3 is 0 Å². The van der Waals surface area contributed by atoms with E-state index in [-0.39, 0.29) is 30.5 Å². The van der Waals surface area contributed by atoms with Gasteiger partial charge in [0.15, 0.2) is 0 Å². The summed E-state index contributed by atoms with van der Waals surface area (Å²) in [5.41, 5.74) is 0.0220. The molecule has 0 spiro atoms. The van der Waals surface area contributed by atoms with Crippen molar-refractivity contribution in [2.24, 2.45) is 11.8 Å². The Labute approximate surface area is 139 Å². The van der Waals surface area contributed by atoms with Gasteiger partial charge in [-0.15, -0.1) is 0 Å². The standard InChI is InChI=1S/C17H21F2N3O2/c18-13-1-2-15(14(19)8-13)22-10-12(7-16(22)23)17(24)21-6-4-11-3-5-20-9-11/h1-2,8,11-12,20H,3-7,9-10H2,(H,21,24). The van der Waals surface area contributed by atoms with Gasteiger partial charge in [-0.25, -0.2) is 8.78 Å². The summed E-state index contributed by atoms with van der Waals surface area (Å²) in [5, 5.41) is 6.15. The van der Waals surface area contributed by atoms with Crippen LogP contribution in [-0.2, 0) is 9.59 Å². The summed E-state index contributed by atoms with van der Waals surface area (Å²) in [6, 6.07) is 3.08. The Bertz CT molecular complexity index is 632. The molecule has 7 heteroatoms. The topological polar surface area (TPSA) is 61.4 Å². The number of carbonyl (C=O) groups is 2. The summed E-state index contributed by atoms with van der Waals surface area (Å²) in [5.74, 6) is -1.90. The first kappa shape index (κ1) is 16.8. The molecule has 2 saturated heterocycles. The molecule has 5 nitrogen and oxygen atoms in total. The Kier molecular flexibility index (Phi) is 5.08. The number of nitrogens with one attached hydrogen (secondary N) is 2. The summed E-state index contributed by atoms with van der Waals surface area (Å²) in [7, 11) is 0. The third-order valence-corrected chi connectivity index (χ3v) is 4.71. The predicted molar refractivity (Wildman–Crippen MR) is 85.4 cm³/mol. The molecule has 3 rings (SSSR count). The van der Waals surface area contributed by atoms with Crippen LogP contribution in [0, 0.1) is 23.5 Å². The van der Waals surface area contributed by atoms with Crippen molar-refractivity contribution < 1.29 is 18.4 Å². The maximum absolute atomic E-state index is 13.8. The fourth-order valence-electron chi connectivity index (χ4n) is 3.32. The van der Waals surface area contributed by atoms with Crippen molar-refractivity contribution in [2.75, 3.05) is 31.1 Å². The van der Waals surface area contributed by atoms with Crippen molar-refractivity contribution in [2.45, 2.75) is 19.3 Å². The highest BCUT2D eigenvalue weighted by molar-refractivity contribution is 6.00. The molecule has 1 aromatic rings. The number of amides is 2. The molecule has 2 heterocycles. The van der Waals surface area contributed by atoms with Crippen LogP contribution in [0.15, 0.2) is 18.2 Å². The van der Waals surface area contributed by atoms with E-state index in [2.05, 4.69) is 10.6 Å². The molecule has 2 N–H and O–H groups in total.